The van der Waals surface area contributed by atoms with Crippen LogP contribution in [0.3, 0.4) is 0 Å². The molecule has 5 rings (SSSR count). The van der Waals surface area contributed by atoms with Gasteiger partial charge in [-0.15, -0.1) is 0 Å². The van der Waals surface area contributed by atoms with Crippen molar-refractivity contribution < 1.29 is 8.91 Å². The fourth-order valence-corrected chi connectivity index (χ4v) is 4.73. The quantitative estimate of drug-likeness (QED) is 0.322. The first-order valence-corrected chi connectivity index (χ1v) is 11.9. The first-order valence-electron chi connectivity index (χ1n) is 11.5. The molecule has 5 nitrogen and oxygen atoms in total. The predicted octanol–water partition coefficient (Wildman–Crippen LogP) is 6.61. The van der Waals surface area contributed by atoms with E-state index in [1.165, 1.54) is 17.7 Å². The average molecular weight is 485 g/mol. The molecule has 176 valence electrons. The molecule has 0 bridgehead atoms. The number of nitrogens with zero attached hydrogens (tertiary/aromatic N) is 3. The van der Waals surface area contributed by atoms with E-state index in [4.69, 9.17) is 16.7 Å². The molecule has 0 saturated carbocycles. The van der Waals surface area contributed by atoms with Crippen LogP contribution in [0.25, 0.3) is 17.0 Å². The van der Waals surface area contributed by atoms with Gasteiger partial charge in [-0.25, -0.2) is 4.39 Å². The van der Waals surface area contributed by atoms with Crippen molar-refractivity contribution in [2.24, 2.45) is 0 Å². The standard InChI is InChI=1S/C28H25FN4OS/c1-4-19-11-13-20(14-12-19)25-24(27-31-26(32-34-27)21-8-6-9-22(29)16-21)18(3)33(28(35)30-25)23-10-5-7-17(2)15-23/h5-16,25H,4H2,1-3H3,(H,30,35). The zero-order valence-corrected chi connectivity index (χ0v) is 20.6. The molecule has 7 heteroatoms. The number of hydrogen-bond acceptors (Lipinski definition) is 4. The van der Waals surface area contributed by atoms with Crippen molar-refractivity contribution in [1.29, 1.82) is 0 Å². The topological polar surface area (TPSA) is 54.2 Å². The van der Waals surface area contributed by atoms with Gasteiger partial charge in [-0.1, -0.05) is 60.6 Å². The van der Waals surface area contributed by atoms with Gasteiger partial charge in [-0.3, -0.25) is 4.90 Å². The molecule has 3 aromatic carbocycles. The summed E-state index contributed by atoms with van der Waals surface area (Å²) in [5.74, 6) is 0.336. The van der Waals surface area contributed by atoms with Crippen LogP contribution in [0.15, 0.2) is 83.0 Å². The van der Waals surface area contributed by atoms with Crippen LogP contribution in [0.1, 0.15) is 42.5 Å². The molecular weight excluding hydrogens is 459 g/mol. The molecule has 0 amide bonds. The molecule has 1 aliphatic heterocycles. The van der Waals surface area contributed by atoms with E-state index in [2.05, 4.69) is 52.7 Å². The minimum atomic E-state index is -0.353. The highest BCUT2D eigenvalue weighted by molar-refractivity contribution is 7.80. The summed E-state index contributed by atoms with van der Waals surface area (Å²) in [5, 5.41) is 8.23. The number of rotatable bonds is 5. The van der Waals surface area contributed by atoms with Gasteiger partial charge in [0, 0.05) is 16.9 Å². The van der Waals surface area contributed by atoms with Gasteiger partial charge in [0.2, 0.25) is 5.82 Å². The number of anilines is 1. The number of allylic oxidation sites excluding steroid dienone is 1. The van der Waals surface area contributed by atoms with E-state index in [0.717, 1.165) is 34.5 Å². The SMILES string of the molecule is CCc1ccc(C2NC(=S)N(c3cccc(C)c3)C(C)=C2c2nc(-c3cccc(F)c3)no2)cc1. The number of benzene rings is 3. The molecule has 1 atom stereocenters. The lowest BCUT2D eigenvalue weighted by molar-refractivity contribution is 0.404. The van der Waals surface area contributed by atoms with Crippen molar-refractivity contribution in [1.82, 2.24) is 15.5 Å². The first-order chi connectivity index (χ1) is 16.9. The number of thiocarbonyl (C=S) groups is 1. The van der Waals surface area contributed by atoms with Crippen molar-refractivity contribution >= 4 is 28.6 Å². The zero-order valence-electron chi connectivity index (χ0n) is 19.7. The van der Waals surface area contributed by atoms with Crippen molar-refractivity contribution in [3.8, 4) is 11.4 Å². The van der Waals surface area contributed by atoms with Crippen LogP contribution in [0.2, 0.25) is 0 Å². The molecule has 4 aromatic rings. The number of aromatic nitrogens is 2. The molecule has 0 saturated heterocycles. The second-order valence-corrected chi connectivity index (χ2v) is 8.97. The Kier molecular flexibility index (Phi) is 6.17. The number of nitrogens with one attached hydrogen (secondary N) is 1. The van der Waals surface area contributed by atoms with E-state index in [1.54, 1.807) is 12.1 Å². The fraction of sp³-hybridized carbons (Fsp3) is 0.179. The highest BCUT2D eigenvalue weighted by Gasteiger charge is 2.34. The summed E-state index contributed by atoms with van der Waals surface area (Å²) >= 11 is 5.83. The molecule has 0 radical (unpaired) electrons. The summed E-state index contributed by atoms with van der Waals surface area (Å²) in [6, 6.07) is 22.5. The Morgan fingerprint density at radius 2 is 1.80 bits per heavy atom. The molecule has 35 heavy (non-hydrogen) atoms. The highest BCUT2D eigenvalue weighted by Crippen LogP contribution is 2.39. The van der Waals surface area contributed by atoms with Gasteiger partial charge in [0.25, 0.3) is 5.89 Å². The molecule has 0 aliphatic carbocycles. The molecule has 1 N–H and O–H groups in total. The summed E-state index contributed by atoms with van der Waals surface area (Å²) in [6.07, 6.45) is 0.959. The number of aryl methyl sites for hydroxylation is 2. The summed E-state index contributed by atoms with van der Waals surface area (Å²) < 4.78 is 19.6. The zero-order chi connectivity index (χ0) is 24.5. The van der Waals surface area contributed by atoms with Crippen molar-refractivity contribution in [2.45, 2.75) is 33.2 Å². The van der Waals surface area contributed by atoms with Crippen LogP contribution in [-0.2, 0) is 6.42 Å². The second-order valence-electron chi connectivity index (χ2n) is 8.58. The van der Waals surface area contributed by atoms with Gasteiger partial charge < -0.3 is 9.84 Å². The van der Waals surface area contributed by atoms with E-state index in [0.29, 0.717) is 22.4 Å². The largest absolute Gasteiger partial charge is 0.351 e. The van der Waals surface area contributed by atoms with Gasteiger partial charge in [0.1, 0.15) is 5.82 Å². The Balaban J connectivity index is 1.65. The third-order valence-corrected chi connectivity index (χ3v) is 6.51. The minimum absolute atomic E-state index is 0.282. The summed E-state index contributed by atoms with van der Waals surface area (Å²) in [4.78, 5) is 6.65. The maximum absolute atomic E-state index is 13.8. The molecule has 1 unspecified atom stereocenters. The molecule has 1 aromatic heterocycles. The Bertz CT molecular complexity index is 1430. The molecule has 2 heterocycles. The van der Waals surface area contributed by atoms with Gasteiger partial charge in [0.15, 0.2) is 5.11 Å². The van der Waals surface area contributed by atoms with Crippen LogP contribution in [0.5, 0.6) is 0 Å². The predicted molar refractivity (Wildman–Crippen MR) is 140 cm³/mol. The molecular formula is C28H25FN4OS. The van der Waals surface area contributed by atoms with Crippen LogP contribution >= 0.6 is 12.2 Å². The third-order valence-electron chi connectivity index (χ3n) is 6.21. The molecule has 0 spiro atoms. The number of hydrogen-bond donors (Lipinski definition) is 1. The van der Waals surface area contributed by atoms with Gasteiger partial charge in [-0.2, -0.15) is 4.98 Å². The lowest BCUT2D eigenvalue weighted by atomic mass is 9.93. The van der Waals surface area contributed by atoms with E-state index in [-0.39, 0.29) is 11.9 Å². The Morgan fingerprint density at radius 3 is 2.51 bits per heavy atom. The first kappa shape index (κ1) is 22.9. The van der Waals surface area contributed by atoms with Crippen LogP contribution < -0.4 is 10.2 Å². The fourth-order valence-electron chi connectivity index (χ4n) is 4.37. The molecule has 0 fully saturated rings. The number of halogens is 1. The lowest BCUT2D eigenvalue weighted by Gasteiger charge is -2.37. The smallest absolute Gasteiger partial charge is 0.258 e. The van der Waals surface area contributed by atoms with E-state index >= 15 is 0 Å². The van der Waals surface area contributed by atoms with Crippen LogP contribution in [0.4, 0.5) is 10.1 Å². The van der Waals surface area contributed by atoms with Crippen molar-refractivity contribution in [3.63, 3.8) is 0 Å². The Labute approximate surface area is 209 Å². The van der Waals surface area contributed by atoms with Crippen molar-refractivity contribution in [2.75, 3.05) is 4.90 Å². The third kappa shape index (κ3) is 4.47. The van der Waals surface area contributed by atoms with Gasteiger partial charge in [-0.05, 0) is 73.4 Å². The normalized spacial score (nSPS) is 15.9. The average Bonchev–Trinajstić information content (AvgIpc) is 3.34. The van der Waals surface area contributed by atoms with E-state index in [1.807, 2.05) is 36.9 Å². The van der Waals surface area contributed by atoms with Crippen LogP contribution in [0, 0.1) is 12.7 Å². The minimum Gasteiger partial charge on any atom is -0.351 e. The van der Waals surface area contributed by atoms with Crippen molar-refractivity contribution in [3.05, 3.63) is 107 Å². The monoisotopic (exact) mass is 484 g/mol. The molecule has 1 aliphatic rings. The van der Waals surface area contributed by atoms with Crippen LogP contribution in [-0.4, -0.2) is 15.3 Å². The second kappa shape index (κ2) is 9.43. The van der Waals surface area contributed by atoms with Gasteiger partial charge >= 0.3 is 0 Å². The maximum atomic E-state index is 13.8. The maximum Gasteiger partial charge on any atom is 0.258 e. The van der Waals surface area contributed by atoms with Gasteiger partial charge in [0.05, 0.1) is 11.6 Å². The summed E-state index contributed by atoms with van der Waals surface area (Å²) in [7, 11) is 0. The Morgan fingerprint density at radius 1 is 1.03 bits per heavy atom. The highest BCUT2D eigenvalue weighted by atomic mass is 32.1. The lowest BCUT2D eigenvalue weighted by Crippen LogP contribution is -2.46. The van der Waals surface area contributed by atoms with E-state index in [9.17, 15) is 4.39 Å². The summed E-state index contributed by atoms with van der Waals surface area (Å²) in [5.41, 5.74) is 6.62. The van der Waals surface area contributed by atoms with E-state index < -0.39 is 0 Å². The Hall–Kier alpha value is -3.84. The summed E-state index contributed by atoms with van der Waals surface area (Å²) in [6.45, 7) is 6.18.